The van der Waals surface area contributed by atoms with Crippen molar-refractivity contribution in [2.75, 3.05) is 13.2 Å². The SMILES string of the molecule is Cc1nc(OC2CCC2)ccc1-c1nc2c(c(=O)n(CCCOC3CCCCO3)c(=O)n2C(C)C)n1Cc1ccccc1. The number of fused-ring (bicyclic) bond motifs is 1. The van der Waals surface area contributed by atoms with Gasteiger partial charge in [0, 0.05) is 37.4 Å². The van der Waals surface area contributed by atoms with E-state index in [-0.39, 0.29) is 36.2 Å². The van der Waals surface area contributed by atoms with E-state index in [4.69, 9.17) is 24.2 Å². The molecule has 10 heteroatoms. The molecule has 6 rings (SSSR count). The molecule has 3 aromatic heterocycles. The number of imidazole rings is 1. The molecule has 0 N–H and O–H groups in total. The van der Waals surface area contributed by atoms with Crippen molar-refractivity contribution in [1.29, 1.82) is 0 Å². The highest BCUT2D eigenvalue weighted by atomic mass is 16.7. The van der Waals surface area contributed by atoms with Gasteiger partial charge in [0.2, 0.25) is 5.88 Å². The second kappa shape index (κ2) is 12.9. The molecule has 1 aliphatic carbocycles. The minimum Gasteiger partial charge on any atom is -0.474 e. The van der Waals surface area contributed by atoms with E-state index in [1.807, 2.05) is 67.8 Å². The summed E-state index contributed by atoms with van der Waals surface area (Å²) in [6.45, 7) is 7.58. The van der Waals surface area contributed by atoms with Gasteiger partial charge in [0.05, 0.1) is 12.3 Å². The van der Waals surface area contributed by atoms with Gasteiger partial charge < -0.3 is 18.8 Å². The van der Waals surface area contributed by atoms with Gasteiger partial charge >= 0.3 is 5.69 Å². The molecule has 0 spiro atoms. The smallest absolute Gasteiger partial charge is 0.332 e. The number of aromatic nitrogens is 5. The van der Waals surface area contributed by atoms with Gasteiger partial charge in [-0.25, -0.2) is 14.8 Å². The third-order valence-electron chi connectivity index (χ3n) is 8.37. The van der Waals surface area contributed by atoms with Gasteiger partial charge in [0.25, 0.3) is 5.56 Å². The van der Waals surface area contributed by atoms with Crippen molar-refractivity contribution in [3.63, 3.8) is 0 Å². The van der Waals surface area contributed by atoms with Crippen LogP contribution in [0.25, 0.3) is 22.6 Å². The largest absolute Gasteiger partial charge is 0.474 e. The van der Waals surface area contributed by atoms with Crippen molar-refractivity contribution in [3.05, 3.63) is 74.6 Å². The number of hydrogen-bond donors (Lipinski definition) is 0. The Hall–Kier alpha value is -3.76. The van der Waals surface area contributed by atoms with Crippen LogP contribution < -0.4 is 16.0 Å². The van der Waals surface area contributed by atoms with Crippen LogP contribution in [0.3, 0.4) is 0 Å². The van der Waals surface area contributed by atoms with Crippen LogP contribution in [-0.4, -0.2) is 49.3 Å². The fourth-order valence-corrected chi connectivity index (χ4v) is 5.82. The minimum atomic E-state index is -0.364. The van der Waals surface area contributed by atoms with Crippen molar-refractivity contribution in [2.24, 2.45) is 0 Å². The molecule has 1 saturated heterocycles. The summed E-state index contributed by atoms with van der Waals surface area (Å²) in [6, 6.07) is 13.6. The maximum atomic E-state index is 14.2. The van der Waals surface area contributed by atoms with E-state index in [9.17, 15) is 9.59 Å². The average Bonchev–Trinajstić information content (AvgIpc) is 3.33. The highest BCUT2D eigenvalue weighted by Gasteiger charge is 2.26. The second-order valence-corrected chi connectivity index (χ2v) is 11.9. The van der Waals surface area contributed by atoms with Crippen LogP contribution >= 0.6 is 0 Å². The van der Waals surface area contributed by atoms with Crippen LogP contribution in [0.15, 0.2) is 52.1 Å². The number of pyridine rings is 1. The molecule has 1 aliphatic heterocycles. The Morgan fingerprint density at radius 1 is 0.977 bits per heavy atom. The molecule has 43 heavy (non-hydrogen) atoms. The number of ether oxygens (including phenoxy) is 3. The first-order valence-corrected chi connectivity index (χ1v) is 15.6. The molecular weight excluding hydrogens is 546 g/mol. The first-order chi connectivity index (χ1) is 20.9. The van der Waals surface area contributed by atoms with E-state index in [1.54, 1.807) is 4.57 Å². The lowest BCUT2D eigenvalue weighted by atomic mass is 9.96. The fraction of sp³-hybridized carbons (Fsp3) is 0.515. The molecule has 0 radical (unpaired) electrons. The Morgan fingerprint density at radius 2 is 1.79 bits per heavy atom. The lowest BCUT2D eigenvalue weighted by Crippen LogP contribution is -2.41. The van der Waals surface area contributed by atoms with Gasteiger partial charge in [-0.2, -0.15) is 0 Å². The molecule has 228 valence electrons. The Morgan fingerprint density at radius 3 is 2.47 bits per heavy atom. The second-order valence-electron chi connectivity index (χ2n) is 11.9. The molecule has 1 saturated carbocycles. The molecule has 4 heterocycles. The third kappa shape index (κ3) is 6.17. The van der Waals surface area contributed by atoms with Gasteiger partial charge in [-0.05, 0) is 77.3 Å². The third-order valence-corrected chi connectivity index (χ3v) is 8.37. The highest BCUT2D eigenvalue weighted by Crippen LogP contribution is 2.30. The molecule has 0 amide bonds. The molecule has 4 aromatic rings. The molecule has 2 fully saturated rings. The molecular formula is C33H41N5O5. The van der Waals surface area contributed by atoms with E-state index in [0.29, 0.717) is 49.0 Å². The monoisotopic (exact) mass is 587 g/mol. The number of hydrogen-bond acceptors (Lipinski definition) is 7. The zero-order valence-corrected chi connectivity index (χ0v) is 25.3. The standard InChI is InChI=1S/C33H41N5O5/c1-22(2)38-31-29(32(39)36(33(38)40)18-10-20-42-28-15-7-8-19-41-28)37(21-24-11-5-4-6-12-24)30(35-31)26-16-17-27(34-23(26)3)43-25-13-9-14-25/h4-6,11-12,16-17,22,25,28H,7-10,13-15,18-21H2,1-3H3. The summed E-state index contributed by atoms with van der Waals surface area (Å²) < 4.78 is 22.5. The molecule has 1 aromatic carbocycles. The molecule has 2 aliphatic rings. The van der Waals surface area contributed by atoms with E-state index in [1.165, 1.54) is 11.0 Å². The molecule has 0 bridgehead atoms. The zero-order chi connectivity index (χ0) is 29.9. The zero-order valence-electron chi connectivity index (χ0n) is 25.3. The van der Waals surface area contributed by atoms with E-state index >= 15 is 0 Å². The Kier molecular flexibility index (Phi) is 8.76. The number of aryl methyl sites for hydroxylation is 1. The summed E-state index contributed by atoms with van der Waals surface area (Å²) >= 11 is 0. The lowest BCUT2D eigenvalue weighted by Gasteiger charge is -2.25. The van der Waals surface area contributed by atoms with Crippen LogP contribution in [0.5, 0.6) is 5.88 Å². The van der Waals surface area contributed by atoms with Crippen molar-refractivity contribution in [3.8, 4) is 17.3 Å². The lowest BCUT2D eigenvalue weighted by molar-refractivity contribution is -0.163. The van der Waals surface area contributed by atoms with Gasteiger partial charge in [-0.3, -0.25) is 13.9 Å². The van der Waals surface area contributed by atoms with E-state index < -0.39 is 0 Å². The van der Waals surface area contributed by atoms with Crippen molar-refractivity contribution in [1.82, 2.24) is 23.7 Å². The van der Waals surface area contributed by atoms with Crippen LogP contribution in [0, 0.1) is 6.92 Å². The molecule has 10 nitrogen and oxygen atoms in total. The summed E-state index contributed by atoms with van der Waals surface area (Å²) in [7, 11) is 0. The minimum absolute atomic E-state index is 0.209. The van der Waals surface area contributed by atoms with Crippen LogP contribution in [0.2, 0.25) is 0 Å². The van der Waals surface area contributed by atoms with Crippen molar-refractivity contribution < 1.29 is 14.2 Å². The van der Waals surface area contributed by atoms with E-state index in [0.717, 1.165) is 48.9 Å². The summed E-state index contributed by atoms with van der Waals surface area (Å²) in [5, 5.41) is 0. The normalized spacial score (nSPS) is 17.4. The summed E-state index contributed by atoms with van der Waals surface area (Å²) in [5.41, 5.74) is 2.64. The average molecular weight is 588 g/mol. The van der Waals surface area contributed by atoms with Crippen molar-refractivity contribution >= 4 is 11.2 Å². The first kappa shape index (κ1) is 29.3. The van der Waals surface area contributed by atoms with Crippen LogP contribution in [0.1, 0.15) is 76.1 Å². The van der Waals surface area contributed by atoms with E-state index in [2.05, 4.69) is 0 Å². The van der Waals surface area contributed by atoms with Crippen LogP contribution in [0.4, 0.5) is 0 Å². The molecule has 1 atom stereocenters. The number of nitrogens with zero attached hydrogens (tertiary/aromatic N) is 5. The molecule has 1 unspecified atom stereocenters. The topological polar surface area (TPSA) is 102 Å². The summed E-state index contributed by atoms with van der Waals surface area (Å²) in [6.07, 6.45) is 6.82. The first-order valence-electron chi connectivity index (χ1n) is 15.6. The Bertz CT molecular complexity index is 1680. The van der Waals surface area contributed by atoms with Crippen LogP contribution in [-0.2, 0) is 22.6 Å². The predicted octanol–water partition coefficient (Wildman–Crippen LogP) is 5.22. The Balaban J connectivity index is 1.42. The van der Waals surface area contributed by atoms with Gasteiger partial charge in [0.1, 0.15) is 11.9 Å². The predicted molar refractivity (Wildman–Crippen MR) is 165 cm³/mol. The highest BCUT2D eigenvalue weighted by molar-refractivity contribution is 5.78. The fourth-order valence-electron chi connectivity index (χ4n) is 5.82. The summed E-state index contributed by atoms with van der Waals surface area (Å²) in [5.74, 6) is 1.19. The number of benzene rings is 1. The van der Waals surface area contributed by atoms with Crippen molar-refractivity contribution in [2.45, 2.75) is 97.2 Å². The number of rotatable bonds is 11. The maximum Gasteiger partial charge on any atom is 0.332 e. The van der Waals surface area contributed by atoms with Gasteiger partial charge in [0.15, 0.2) is 17.5 Å². The summed E-state index contributed by atoms with van der Waals surface area (Å²) in [4.78, 5) is 37.7. The quantitative estimate of drug-likeness (QED) is 0.222. The van der Waals surface area contributed by atoms with Gasteiger partial charge in [-0.1, -0.05) is 30.3 Å². The Labute approximate surface area is 251 Å². The maximum absolute atomic E-state index is 14.2. The van der Waals surface area contributed by atoms with Gasteiger partial charge in [-0.15, -0.1) is 0 Å².